The van der Waals surface area contributed by atoms with Crippen molar-refractivity contribution in [1.82, 2.24) is 0 Å². The molecule has 0 unspecified atom stereocenters. The van der Waals surface area contributed by atoms with E-state index < -0.39 is 0 Å². The largest absolute Gasteiger partial charge is 0.422 e. The molecule has 0 bridgehead atoms. The quantitative estimate of drug-likeness (QED) is 0.421. The Morgan fingerprint density at radius 2 is 1.69 bits per heavy atom. The van der Waals surface area contributed by atoms with Gasteiger partial charge in [-0.3, -0.25) is 0 Å². The summed E-state index contributed by atoms with van der Waals surface area (Å²) in [6.07, 6.45) is 0. The lowest BCUT2D eigenvalue weighted by Gasteiger charge is -2.02. The number of hydrogen-bond acceptors (Lipinski definition) is 2. The fourth-order valence-electron chi connectivity index (χ4n) is 1.99. The molecule has 0 radical (unpaired) electrons. The zero-order chi connectivity index (χ0) is 11.1. The van der Waals surface area contributed by atoms with E-state index in [1.807, 2.05) is 43.3 Å². The number of fused-ring (bicyclic) bond motifs is 3. The van der Waals surface area contributed by atoms with Gasteiger partial charge in [-0.15, -0.1) is 0 Å². The zero-order valence-electron chi connectivity index (χ0n) is 8.86. The van der Waals surface area contributed by atoms with Gasteiger partial charge in [-0.1, -0.05) is 29.8 Å². The molecule has 0 aliphatic carbocycles. The molecule has 0 fully saturated rings. The predicted octanol–water partition coefficient (Wildman–Crippen LogP) is 3.25. The first-order valence-electron chi connectivity index (χ1n) is 5.18. The minimum absolute atomic E-state index is 0.271. The lowest BCUT2D eigenvalue weighted by atomic mass is 10.1. The van der Waals surface area contributed by atoms with Gasteiger partial charge in [0.1, 0.15) is 5.58 Å². The Labute approximate surface area is 92.1 Å². The van der Waals surface area contributed by atoms with Crippen LogP contribution in [-0.4, -0.2) is 0 Å². The molecule has 3 aromatic rings. The third kappa shape index (κ3) is 1.23. The second-order valence-corrected chi connectivity index (χ2v) is 3.93. The molecule has 78 valence electrons. The van der Waals surface area contributed by atoms with Crippen LogP contribution < -0.4 is 5.63 Å². The molecule has 16 heavy (non-hydrogen) atoms. The molecule has 0 atom stereocenters. The highest BCUT2D eigenvalue weighted by Crippen LogP contribution is 2.23. The van der Waals surface area contributed by atoms with Crippen molar-refractivity contribution < 1.29 is 4.42 Å². The van der Waals surface area contributed by atoms with Crippen molar-refractivity contribution in [2.24, 2.45) is 0 Å². The maximum atomic E-state index is 11.7. The molecule has 0 saturated carbocycles. The van der Waals surface area contributed by atoms with Crippen molar-refractivity contribution >= 4 is 21.7 Å². The summed E-state index contributed by atoms with van der Waals surface area (Å²) < 4.78 is 5.27. The van der Waals surface area contributed by atoms with E-state index in [2.05, 4.69) is 0 Å². The highest BCUT2D eigenvalue weighted by atomic mass is 16.4. The van der Waals surface area contributed by atoms with Crippen molar-refractivity contribution in [2.75, 3.05) is 0 Å². The van der Waals surface area contributed by atoms with Gasteiger partial charge in [-0.2, -0.15) is 0 Å². The minimum Gasteiger partial charge on any atom is -0.422 e. The van der Waals surface area contributed by atoms with Crippen molar-refractivity contribution in [2.45, 2.75) is 6.92 Å². The Morgan fingerprint density at radius 1 is 0.938 bits per heavy atom. The third-order valence-corrected chi connectivity index (χ3v) is 2.77. The SMILES string of the molecule is Cc1ccc2oc(=O)c3ccccc3c2c1. The Kier molecular flexibility index (Phi) is 1.83. The molecule has 2 nitrogen and oxygen atoms in total. The zero-order valence-corrected chi connectivity index (χ0v) is 8.86. The Morgan fingerprint density at radius 3 is 2.50 bits per heavy atom. The maximum Gasteiger partial charge on any atom is 0.344 e. The first-order chi connectivity index (χ1) is 7.75. The molecule has 0 aliphatic rings. The molecule has 0 spiro atoms. The minimum atomic E-state index is -0.271. The summed E-state index contributed by atoms with van der Waals surface area (Å²) in [5.74, 6) is 0. The second-order valence-electron chi connectivity index (χ2n) is 3.93. The van der Waals surface area contributed by atoms with Gasteiger partial charge < -0.3 is 4.42 Å². The van der Waals surface area contributed by atoms with Crippen LogP contribution in [0.4, 0.5) is 0 Å². The molecule has 0 aliphatic heterocycles. The highest BCUT2D eigenvalue weighted by molar-refractivity contribution is 6.04. The first-order valence-corrected chi connectivity index (χ1v) is 5.18. The summed E-state index contributed by atoms with van der Waals surface area (Å²) in [4.78, 5) is 11.7. The van der Waals surface area contributed by atoms with Gasteiger partial charge in [0.15, 0.2) is 0 Å². The van der Waals surface area contributed by atoms with Crippen molar-refractivity contribution in [1.29, 1.82) is 0 Å². The molecule has 3 rings (SSSR count). The molecule has 0 amide bonds. The number of rotatable bonds is 0. The van der Waals surface area contributed by atoms with Crippen molar-refractivity contribution in [3.8, 4) is 0 Å². The summed E-state index contributed by atoms with van der Waals surface area (Å²) in [6, 6.07) is 13.4. The number of hydrogen-bond donors (Lipinski definition) is 0. The molecule has 1 heterocycles. The van der Waals surface area contributed by atoms with E-state index in [0.29, 0.717) is 11.0 Å². The van der Waals surface area contributed by atoms with E-state index in [4.69, 9.17) is 4.42 Å². The Bertz CT molecular complexity index is 738. The maximum absolute atomic E-state index is 11.7. The van der Waals surface area contributed by atoms with Crippen LogP contribution >= 0.6 is 0 Å². The van der Waals surface area contributed by atoms with Crippen molar-refractivity contribution in [3.63, 3.8) is 0 Å². The van der Waals surface area contributed by atoms with E-state index in [-0.39, 0.29) is 5.63 Å². The van der Waals surface area contributed by atoms with Crippen LogP contribution in [0.15, 0.2) is 51.7 Å². The van der Waals surface area contributed by atoms with Crippen LogP contribution in [0.25, 0.3) is 21.7 Å². The van der Waals surface area contributed by atoms with Gasteiger partial charge in [0.05, 0.1) is 5.39 Å². The molecule has 1 aromatic heterocycles. The average Bonchev–Trinajstić information content (AvgIpc) is 2.31. The van der Waals surface area contributed by atoms with Gasteiger partial charge in [0.25, 0.3) is 0 Å². The molecular weight excluding hydrogens is 200 g/mol. The van der Waals surface area contributed by atoms with Crippen LogP contribution in [0.2, 0.25) is 0 Å². The number of aryl methyl sites for hydroxylation is 1. The molecule has 2 aromatic carbocycles. The smallest absolute Gasteiger partial charge is 0.344 e. The van der Waals surface area contributed by atoms with Gasteiger partial charge in [-0.05, 0) is 30.5 Å². The standard InChI is InChI=1S/C14H10O2/c1-9-6-7-13-12(8-9)10-4-2-3-5-11(10)14(15)16-13/h2-8H,1H3. The number of benzene rings is 2. The van der Waals surface area contributed by atoms with Gasteiger partial charge in [0.2, 0.25) is 0 Å². The van der Waals surface area contributed by atoms with Gasteiger partial charge >= 0.3 is 5.63 Å². The summed E-state index contributed by atoms with van der Waals surface area (Å²) in [6.45, 7) is 2.03. The normalized spacial score (nSPS) is 11.1. The average molecular weight is 210 g/mol. The molecule has 0 saturated heterocycles. The summed E-state index contributed by atoms with van der Waals surface area (Å²) in [7, 11) is 0. The third-order valence-electron chi connectivity index (χ3n) is 2.77. The summed E-state index contributed by atoms with van der Waals surface area (Å²) in [5.41, 5.74) is 1.53. The van der Waals surface area contributed by atoms with Crippen LogP contribution in [-0.2, 0) is 0 Å². The Hall–Kier alpha value is -2.09. The topological polar surface area (TPSA) is 30.2 Å². The predicted molar refractivity (Wildman–Crippen MR) is 64.7 cm³/mol. The van der Waals surface area contributed by atoms with Crippen LogP contribution in [0.5, 0.6) is 0 Å². The van der Waals surface area contributed by atoms with E-state index in [1.54, 1.807) is 6.07 Å². The van der Waals surface area contributed by atoms with E-state index in [1.165, 1.54) is 0 Å². The Balaban J connectivity index is 2.66. The van der Waals surface area contributed by atoms with Crippen LogP contribution in [0.1, 0.15) is 5.56 Å². The van der Waals surface area contributed by atoms with E-state index in [0.717, 1.165) is 16.3 Å². The molecule has 2 heteroatoms. The van der Waals surface area contributed by atoms with E-state index in [9.17, 15) is 4.79 Å². The van der Waals surface area contributed by atoms with Crippen LogP contribution in [0.3, 0.4) is 0 Å². The fourth-order valence-corrected chi connectivity index (χ4v) is 1.99. The molecular formula is C14H10O2. The second kappa shape index (κ2) is 3.20. The van der Waals surface area contributed by atoms with Crippen molar-refractivity contribution in [3.05, 3.63) is 58.4 Å². The lowest BCUT2D eigenvalue weighted by molar-refractivity contribution is 0.569. The fraction of sp³-hybridized carbons (Fsp3) is 0.0714. The summed E-state index contributed by atoms with van der Waals surface area (Å²) in [5, 5.41) is 2.59. The molecule has 0 N–H and O–H groups in total. The first kappa shape index (κ1) is 9.16. The van der Waals surface area contributed by atoms with Gasteiger partial charge in [-0.25, -0.2) is 4.79 Å². The summed E-state index contributed by atoms with van der Waals surface area (Å²) >= 11 is 0. The van der Waals surface area contributed by atoms with Crippen LogP contribution in [0, 0.1) is 6.92 Å². The van der Waals surface area contributed by atoms with Gasteiger partial charge in [0, 0.05) is 5.39 Å². The highest BCUT2D eigenvalue weighted by Gasteiger charge is 2.05. The monoisotopic (exact) mass is 210 g/mol. The van der Waals surface area contributed by atoms with E-state index >= 15 is 0 Å². The lowest BCUT2D eigenvalue weighted by Crippen LogP contribution is -1.99.